The van der Waals surface area contributed by atoms with Gasteiger partial charge in [-0.3, -0.25) is 0 Å². The third-order valence-corrected chi connectivity index (χ3v) is 6.10. The summed E-state index contributed by atoms with van der Waals surface area (Å²) in [5.41, 5.74) is 4.78. The summed E-state index contributed by atoms with van der Waals surface area (Å²) in [6, 6.07) is 12.1. The van der Waals surface area contributed by atoms with Crippen LogP contribution in [-0.4, -0.2) is 14.7 Å². The van der Waals surface area contributed by atoms with Gasteiger partial charge in [0.05, 0.1) is 16.7 Å². The van der Waals surface area contributed by atoms with Gasteiger partial charge in [-0.15, -0.1) is 21.6 Å². The number of hydrogen-bond acceptors (Lipinski definition) is 5. The summed E-state index contributed by atoms with van der Waals surface area (Å²) >= 11 is 1.34. The molecule has 7 heteroatoms. The minimum absolute atomic E-state index is 0.0882. The Balaban J connectivity index is 1.57. The largest absolute Gasteiger partial charge is 0.493 e. The first-order chi connectivity index (χ1) is 14.3. The first-order valence-corrected chi connectivity index (χ1v) is 10.4. The highest BCUT2D eigenvalue weighted by molar-refractivity contribution is 7.13. The van der Waals surface area contributed by atoms with Crippen molar-refractivity contribution in [2.24, 2.45) is 10.2 Å². The molecule has 1 aliphatic heterocycles. The Kier molecular flexibility index (Phi) is 4.11. The first kappa shape index (κ1) is 18.7. The quantitative estimate of drug-likeness (QED) is 0.358. The highest BCUT2D eigenvalue weighted by atomic mass is 32.1. The Morgan fingerprint density at radius 1 is 1.10 bits per heavy atom. The van der Waals surface area contributed by atoms with Crippen LogP contribution >= 0.6 is 11.3 Å². The summed E-state index contributed by atoms with van der Waals surface area (Å²) in [7, 11) is 0. The summed E-state index contributed by atoms with van der Waals surface area (Å²) < 4.78 is 15.1. The van der Waals surface area contributed by atoms with Crippen LogP contribution in [0.3, 0.4) is 0 Å². The van der Waals surface area contributed by atoms with Gasteiger partial charge < -0.3 is 9.67 Å². The highest BCUT2D eigenvalue weighted by Gasteiger charge is 2.32. The van der Waals surface area contributed by atoms with Gasteiger partial charge in [-0.1, -0.05) is 24.3 Å². The van der Waals surface area contributed by atoms with E-state index in [0.717, 1.165) is 22.0 Å². The molecule has 0 amide bonds. The number of hydrogen-bond donors (Lipinski definition) is 1. The van der Waals surface area contributed by atoms with Crippen LogP contribution in [0.15, 0.2) is 64.1 Å². The van der Waals surface area contributed by atoms with Crippen LogP contribution in [0, 0.1) is 5.82 Å². The fraction of sp³-hybridized carbons (Fsp3) is 0.174. The normalized spacial score (nSPS) is 15.1. The zero-order valence-electron chi connectivity index (χ0n) is 16.7. The van der Waals surface area contributed by atoms with Crippen molar-refractivity contribution < 1.29 is 9.50 Å². The minimum atomic E-state index is -0.383. The standard InChI is InChI=1S/C23H19FN4OS/c1-13-11-23(2,3)28-20-16(13)5-4-6-17(20)19(21(28)29)26-27-22-25-18(12-30-22)14-7-9-15(24)10-8-14/h4-12,29H,1-3H3. The van der Waals surface area contributed by atoms with Crippen LogP contribution in [0.4, 0.5) is 15.2 Å². The van der Waals surface area contributed by atoms with Crippen LogP contribution in [-0.2, 0) is 5.54 Å². The lowest BCUT2D eigenvalue weighted by atomic mass is 9.92. The molecule has 0 aliphatic carbocycles. The zero-order valence-corrected chi connectivity index (χ0v) is 17.5. The highest BCUT2D eigenvalue weighted by Crippen LogP contribution is 2.48. The van der Waals surface area contributed by atoms with E-state index in [9.17, 15) is 9.50 Å². The van der Waals surface area contributed by atoms with Gasteiger partial charge in [0.1, 0.15) is 5.82 Å². The summed E-state index contributed by atoms with van der Waals surface area (Å²) in [4.78, 5) is 4.47. The molecule has 0 bridgehead atoms. The van der Waals surface area contributed by atoms with E-state index in [-0.39, 0.29) is 17.2 Å². The van der Waals surface area contributed by atoms with E-state index in [1.165, 1.54) is 29.0 Å². The lowest BCUT2D eigenvalue weighted by Crippen LogP contribution is -2.26. The number of halogens is 1. The van der Waals surface area contributed by atoms with E-state index in [1.807, 2.05) is 22.1 Å². The SMILES string of the molecule is CC1=CC(C)(C)n2c(O)c(N=Nc3nc(-c4ccc(F)cc4)cs3)c3cccc1c32. The molecular weight excluding hydrogens is 399 g/mol. The summed E-state index contributed by atoms with van der Waals surface area (Å²) in [6.07, 6.45) is 2.14. The second-order valence-electron chi connectivity index (χ2n) is 7.91. The minimum Gasteiger partial charge on any atom is -0.493 e. The number of thiazole rings is 1. The number of benzene rings is 2. The van der Waals surface area contributed by atoms with E-state index in [1.54, 1.807) is 12.1 Å². The molecule has 1 N–H and O–H groups in total. The third-order valence-electron chi connectivity index (χ3n) is 5.38. The molecule has 3 heterocycles. The van der Waals surface area contributed by atoms with Crippen LogP contribution in [0.5, 0.6) is 5.88 Å². The van der Waals surface area contributed by atoms with Crippen LogP contribution in [0.25, 0.3) is 27.7 Å². The molecule has 0 unspecified atom stereocenters. The number of azo groups is 1. The number of allylic oxidation sites excluding steroid dienone is 2. The Labute approximate surface area is 176 Å². The molecule has 30 heavy (non-hydrogen) atoms. The Bertz CT molecular complexity index is 1350. The molecule has 5 rings (SSSR count). The molecule has 150 valence electrons. The van der Waals surface area contributed by atoms with Crippen molar-refractivity contribution in [1.82, 2.24) is 9.55 Å². The Morgan fingerprint density at radius 3 is 2.63 bits per heavy atom. The van der Waals surface area contributed by atoms with Crippen molar-refractivity contribution in [3.05, 3.63) is 65.3 Å². The van der Waals surface area contributed by atoms with Crippen LogP contribution in [0.1, 0.15) is 26.3 Å². The monoisotopic (exact) mass is 418 g/mol. The van der Waals surface area contributed by atoms with E-state index in [4.69, 9.17) is 0 Å². The average molecular weight is 418 g/mol. The summed E-state index contributed by atoms with van der Waals surface area (Å²) in [5.74, 6) is -0.199. The molecule has 0 radical (unpaired) electrons. The molecule has 2 aromatic heterocycles. The summed E-state index contributed by atoms with van der Waals surface area (Å²) in [6.45, 7) is 6.20. The van der Waals surface area contributed by atoms with Crippen molar-refractivity contribution in [1.29, 1.82) is 0 Å². The number of aromatic hydroxyl groups is 1. The zero-order chi connectivity index (χ0) is 21.0. The van der Waals surface area contributed by atoms with E-state index in [0.29, 0.717) is 16.5 Å². The maximum Gasteiger partial charge on any atom is 0.230 e. The van der Waals surface area contributed by atoms with Crippen molar-refractivity contribution >= 4 is 38.6 Å². The molecule has 4 aromatic rings. The molecule has 1 aliphatic rings. The van der Waals surface area contributed by atoms with Crippen LogP contribution in [0.2, 0.25) is 0 Å². The maximum atomic E-state index is 13.1. The fourth-order valence-corrected chi connectivity index (χ4v) is 4.76. The van der Waals surface area contributed by atoms with E-state index >= 15 is 0 Å². The number of para-hydroxylation sites is 1. The Morgan fingerprint density at radius 2 is 1.87 bits per heavy atom. The lowest BCUT2D eigenvalue weighted by molar-refractivity contribution is 0.362. The predicted octanol–water partition coefficient (Wildman–Crippen LogP) is 7.18. The molecule has 0 saturated heterocycles. The van der Waals surface area contributed by atoms with Gasteiger partial charge in [-0.2, -0.15) is 0 Å². The smallest absolute Gasteiger partial charge is 0.230 e. The average Bonchev–Trinajstić information content (AvgIpc) is 3.28. The number of rotatable bonds is 3. The topological polar surface area (TPSA) is 62.8 Å². The Hall–Kier alpha value is -3.32. The van der Waals surface area contributed by atoms with Gasteiger partial charge in [-0.05, 0) is 50.6 Å². The molecule has 0 saturated carbocycles. The van der Waals surface area contributed by atoms with Crippen LogP contribution < -0.4 is 0 Å². The van der Waals surface area contributed by atoms with E-state index in [2.05, 4.69) is 48.1 Å². The fourth-order valence-electron chi connectivity index (χ4n) is 4.11. The van der Waals surface area contributed by atoms with Gasteiger partial charge in [0.25, 0.3) is 0 Å². The third kappa shape index (κ3) is 2.85. The van der Waals surface area contributed by atoms with Gasteiger partial charge in [0.15, 0.2) is 5.69 Å². The molecule has 0 spiro atoms. The van der Waals surface area contributed by atoms with Crippen molar-refractivity contribution in [3.63, 3.8) is 0 Å². The van der Waals surface area contributed by atoms with Gasteiger partial charge >= 0.3 is 0 Å². The molecule has 2 aromatic carbocycles. The predicted molar refractivity (Wildman–Crippen MR) is 118 cm³/mol. The lowest BCUT2D eigenvalue weighted by Gasteiger charge is -2.30. The van der Waals surface area contributed by atoms with Gasteiger partial charge in [0.2, 0.25) is 11.0 Å². The van der Waals surface area contributed by atoms with Gasteiger partial charge in [0, 0.05) is 21.9 Å². The molecule has 0 fully saturated rings. The second-order valence-corrected chi connectivity index (χ2v) is 8.75. The maximum absolute atomic E-state index is 13.1. The molecular formula is C23H19FN4OS. The van der Waals surface area contributed by atoms with Gasteiger partial charge in [-0.25, -0.2) is 9.37 Å². The molecule has 5 nitrogen and oxygen atoms in total. The molecule has 0 atom stereocenters. The van der Waals surface area contributed by atoms with Crippen molar-refractivity contribution in [3.8, 4) is 17.1 Å². The number of aromatic nitrogens is 2. The number of nitrogens with zero attached hydrogens (tertiary/aromatic N) is 4. The first-order valence-electron chi connectivity index (χ1n) is 9.55. The van der Waals surface area contributed by atoms with Crippen molar-refractivity contribution in [2.45, 2.75) is 26.3 Å². The van der Waals surface area contributed by atoms with E-state index < -0.39 is 0 Å². The van der Waals surface area contributed by atoms with Crippen molar-refractivity contribution in [2.75, 3.05) is 0 Å². The summed E-state index contributed by atoms with van der Waals surface area (Å²) in [5, 5.41) is 22.8. The second kappa shape index (κ2) is 6.60.